The summed E-state index contributed by atoms with van der Waals surface area (Å²) in [5.41, 5.74) is 1.21. The molecular formula is C30H23ClN4O8S2. The Morgan fingerprint density at radius 3 is 2.44 bits per heavy atom. The largest absolute Gasteiger partial charge is 0.490 e. The van der Waals surface area contributed by atoms with Crippen molar-refractivity contribution in [2.45, 2.75) is 23.1 Å². The van der Waals surface area contributed by atoms with Gasteiger partial charge in [0.1, 0.15) is 5.25 Å². The van der Waals surface area contributed by atoms with Gasteiger partial charge in [0, 0.05) is 33.6 Å². The highest BCUT2D eigenvalue weighted by atomic mass is 35.5. The summed E-state index contributed by atoms with van der Waals surface area (Å²) in [6.45, 7) is 1.75. The number of thiazole rings is 1. The lowest BCUT2D eigenvalue weighted by Crippen LogP contribution is -2.32. The minimum atomic E-state index is -0.872. The number of nitrogens with zero attached hydrogens (tertiary/aromatic N) is 2. The second-order valence-corrected chi connectivity index (χ2v) is 12.6. The second-order valence-electron chi connectivity index (χ2n) is 10.0. The van der Waals surface area contributed by atoms with Crippen molar-refractivity contribution < 1.29 is 28.8 Å². The molecule has 1 aromatic heterocycles. The molecule has 1 fully saturated rings. The van der Waals surface area contributed by atoms with Gasteiger partial charge in [0.2, 0.25) is 11.8 Å². The molecule has 230 valence electrons. The molecule has 3 heterocycles. The van der Waals surface area contributed by atoms with E-state index >= 15 is 0 Å². The van der Waals surface area contributed by atoms with E-state index in [1.165, 1.54) is 24.3 Å². The Kier molecular flexibility index (Phi) is 8.36. The molecule has 2 aliphatic rings. The number of carbonyl (C=O) groups is 3. The summed E-state index contributed by atoms with van der Waals surface area (Å²) < 4.78 is 11.6. The number of fused-ring (bicyclic) bond motifs is 2. The van der Waals surface area contributed by atoms with Crippen LogP contribution in [0.4, 0.5) is 17.1 Å². The van der Waals surface area contributed by atoms with Gasteiger partial charge in [-0.25, -0.2) is 4.90 Å². The van der Waals surface area contributed by atoms with E-state index in [-0.39, 0.29) is 35.2 Å². The molecule has 3 unspecified atom stereocenters. The quantitative estimate of drug-likeness (QED) is 0.139. The van der Waals surface area contributed by atoms with Crippen LogP contribution in [0.1, 0.15) is 23.3 Å². The number of hydrogen-bond donors (Lipinski definition) is 2. The highest BCUT2D eigenvalue weighted by molar-refractivity contribution is 8.00. The number of halogens is 1. The molecule has 4 aromatic rings. The number of nitrogens with one attached hydrogen (secondary N) is 2. The third-order valence-electron chi connectivity index (χ3n) is 7.26. The first kappa shape index (κ1) is 30.4. The number of non-ortho nitro benzene ring substituents is 1. The fraction of sp³-hybridized carbons (Fsp3) is 0.200. The summed E-state index contributed by atoms with van der Waals surface area (Å²) in [6.07, 6.45) is 0. The maximum absolute atomic E-state index is 14.0. The summed E-state index contributed by atoms with van der Waals surface area (Å²) in [7, 11) is 0. The molecule has 3 atom stereocenters. The predicted molar refractivity (Wildman–Crippen MR) is 169 cm³/mol. The summed E-state index contributed by atoms with van der Waals surface area (Å²) >= 11 is 7.99. The normalized spacial score (nSPS) is 18.7. The molecular weight excluding hydrogens is 644 g/mol. The number of imide groups is 1. The molecule has 12 nitrogen and oxygen atoms in total. The number of anilines is 2. The molecule has 15 heteroatoms. The van der Waals surface area contributed by atoms with Gasteiger partial charge in [-0.15, -0.1) is 0 Å². The lowest BCUT2D eigenvalue weighted by Gasteiger charge is -2.30. The van der Waals surface area contributed by atoms with E-state index in [9.17, 15) is 29.3 Å². The molecule has 3 amide bonds. The zero-order valence-corrected chi connectivity index (χ0v) is 25.7. The smallest absolute Gasteiger partial charge is 0.305 e. The van der Waals surface area contributed by atoms with Crippen LogP contribution in [-0.2, 0) is 14.4 Å². The molecule has 2 N–H and O–H groups in total. The number of thioether (sulfide) groups is 1. The number of nitro benzene ring substituents is 1. The minimum absolute atomic E-state index is 0.171. The van der Waals surface area contributed by atoms with E-state index in [0.717, 1.165) is 28.0 Å². The highest BCUT2D eigenvalue weighted by Gasteiger charge is 2.56. The highest BCUT2D eigenvalue weighted by Crippen LogP contribution is 2.53. The van der Waals surface area contributed by atoms with Gasteiger partial charge in [-0.2, -0.15) is 0 Å². The molecule has 0 bridgehead atoms. The van der Waals surface area contributed by atoms with Crippen LogP contribution in [0.5, 0.6) is 11.5 Å². The summed E-state index contributed by atoms with van der Waals surface area (Å²) in [6, 6.07) is 16.9. The molecule has 45 heavy (non-hydrogen) atoms. The lowest BCUT2D eigenvalue weighted by molar-refractivity contribution is -0.384. The van der Waals surface area contributed by atoms with E-state index in [2.05, 4.69) is 10.3 Å². The van der Waals surface area contributed by atoms with Crippen LogP contribution in [-0.4, -0.2) is 46.1 Å². The molecule has 0 aliphatic carbocycles. The van der Waals surface area contributed by atoms with Crippen molar-refractivity contribution in [1.29, 1.82) is 0 Å². The Bertz CT molecular complexity index is 1880. The van der Waals surface area contributed by atoms with Crippen LogP contribution in [0.15, 0.2) is 76.6 Å². The maximum Gasteiger partial charge on any atom is 0.305 e. The molecule has 0 radical (unpaired) electrons. The van der Waals surface area contributed by atoms with Crippen molar-refractivity contribution in [3.05, 3.63) is 102 Å². The zero-order chi connectivity index (χ0) is 31.8. The van der Waals surface area contributed by atoms with Gasteiger partial charge in [-0.3, -0.25) is 29.3 Å². The number of ether oxygens (including phenoxy) is 2. The molecule has 3 aromatic carbocycles. The minimum Gasteiger partial charge on any atom is -0.490 e. The first-order valence-electron chi connectivity index (χ1n) is 13.6. The van der Waals surface area contributed by atoms with Crippen molar-refractivity contribution in [1.82, 2.24) is 4.98 Å². The van der Waals surface area contributed by atoms with Crippen LogP contribution in [0.3, 0.4) is 0 Å². The van der Waals surface area contributed by atoms with E-state index in [1.54, 1.807) is 49.4 Å². The molecule has 2 aliphatic heterocycles. The zero-order valence-electron chi connectivity index (χ0n) is 23.4. The first-order valence-corrected chi connectivity index (χ1v) is 15.7. The monoisotopic (exact) mass is 666 g/mol. The van der Waals surface area contributed by atoms with E-state index in [0.29, 0.717) is 31.9 Å². The van der Waals surface area contributed by atoms with Crippen molar-refractivity contribution in [3.63, 3.8) is 0 Å². The number of carbonyl (C=O) groups excluding carboxylic acids is 3. The second kappa shape index (κ2) is 12.4. The topological polar surface area (TPSA) is 161 Å². The Morgan fingerprint density at radius 1 is 1.02 bits per heavy atom. The predicted octanol–water partition coefficient (Wildman–Crippen LogP) is 5.21. The summed E-state index contributed by atoms with van der Waals surface area (Å²) in [4.78, 5) is 67.3. The van der Waals surface area contributed by atoms with Gasteiger partial charge < -0.3 is 19.8 Å². The van der Waals surface area contributed by atoms with Crippen LogP contribution in [0, 0.1) is 16.0 Å². The number of amides is 3. The number of benzene rings is 3. The van der Waals surface area contributed by atoms with Gasteiger partial charge in [0.25, 0.3) is 11.6 Å². The fourth-order valence-electron chi connectivity index (χ4n) is 5.33. The Hall–Kier alpha value is -4.66. The Labute approximate surface area is 268 Å². The number of nitro groups is 1. The van der Waals surface area contributed by atoms with Gasteiger partial charge in [-0.05, 0) is 61.0 Å². The van der Waals surface area contributed by atoms with Gasteiger partial charge in [-0.1, -0.05) is 40.8 Å². The number of aromatic amines is 1. The van der Waals surface area contributed by atoms with Crippen molar-refractivity contribution in [2.24, 2.45) is 5.92 Å². The van der Waals surface area contributed by atoms with Crippen LogP contribution in [0.2, 0.25) is 5.02 Å². The average molecular weight is 667 g/mol. The van der Waals surface area contributed by atoms with Crippen LogP contribution >= 0.6 is 34.7 Å². The van der Waals surface area contributed by atoms with E-state index in [1.807, 2.05) is 0 Å². The van der Waals surface area contributed by atoms with Crippen molar-refractivity contribution >= 4 is 69.5 Å². The first-order chi connectivity index (χ1) is 21.6. The fourth-order valence-corrected chi connectivity index (χ4v) is 7.97. The number of rotatable bonds is 9. The van der Waals surface area contributed by atoms with Crippen molar-refractivity contribution in [3.8, 4) is 11.5 Å². The van der Waals surface area contributed by atoms with Gasteiger partial charge >= 0.3 is 4.87 Å². The van der Waals surface area contributed by atoms with E-state index < -0.39 is 39.7 Å². The summed E-state index contributed by atoms with van der Waals surface area (Å²) in [5, 5.41) is 14.0. The molecule has 0 saturated carbocycles. The third-order valence-corrected chi connectivity index (χ3v) is 9.91. The average Bonchev–Trinajstić information content (AvgIpc) is 3.51. The standard InChI is InChI=1S/C30H23ClN4O8S2/c1-2-42-21-13-15(3-12-20(21)43-14-22(36)32-17-6-4-16(31)5-7-17)23-24-26(44-27-25(23)45-30(39)33-27)29(38)34(28(24)37)18-8-10-19(11-9-18)35(40)41/h3-13,23-24,26H,2,14H2,1H3,(H,32,36)(H,33,39). The SMILES string of the molecule is CCOc1cc(C2c3sc(=O)[nH]c3SC3C(=O)N(c4ccc([N+](=O)[O-])cc4)C(=O)C32)ccc1OCC(=O)Nc1ccc(Cl)cc1. The maximum atomic E-state index is 14.0. The third kappa shape index (κ3) is 5.91. The summed E-state index contributed by atoms with van der Waals surface area (Å²) in [5.74, 6) is -2.32. The van der Waals surface area contributed by atoms with Gasteiger partial charge in [0.05, 0.1) is 28.2 Å². The Balaban J connectivity index is 1.30. The van der Waals surface area contributed by atoms with Crippen LogP contribution in [0.25, 0.3) is 0 Å². The van der Waals surface area contributed by atoms with Gasteiger partial charge in [0.15, 0.2) is 18.1 Å². The molecule has 1 saturated heterocycles. The number of hydrogen-bond acceptors (Lipinski definition) is 10. The van der Waals surface area contributed by atoms with Crippen LogP contribution < -0.4 is 24.6 Å². The molecule has 6 rings (SSSR count). The van der Waals surface area contributed by atoms with Crippen molar-refractivity contribution in [2.75, 3.05) is 23.4 Å². The number of aromatic nitrogens is 1. The lowest BCUT2D eigenvalue weighted by atomic mass is 9.83. The number of H-pyrrole nitrogens is 1. The molecule has 0 spiro atoms. The van der Waals surface area contributed by atoms with E-state index in [4.69, 9.17) is 21.1 Å². The Morgan fingerprint density at radius 2 is 1.76 bits per heavy atom.